The Kier molecular flexibility index (Phi) is 3.28. The Morgan fingerprint density at radius 1 is 1.56 bits per heavy atom. The molecule has 0 rings (SSSR count). The normalized spacial score (nSPS) is 16.8. The summed E-state index contributed by atoms with van der Waals surface area (Å²) in [6.45, 7) is 5.97. The highest BCUT2D eigenvalue weighted by molar-refractivity contribution is 5.76. The maximum atomic E-state index is 10.5. The fourth-order valence-corrected chi connectivity index (χ4v) is 0.634. The van der Waals surface area contributed by atoms with Gasteiger partial charge >= 0.3 is 0 Å². The van der Waals surface area contributed by atoms with E-state index in [-0.39, 0.29) is 11.8 Å². The average molecular weight is 129 g/mol. The Bertz CT molecular complexity index is 101. The van der Waals surface area contributed by atoms with Crippen LogP contribution in [-0.2, 0) is 4.79 Å². The molecule has 0 aromatic heterocycles. The lowest BCUT2D eigenvalue weighted by Gasteiger charge is -2.13. The minimum atomic E-state index is -0.190. The molecular weight excluding hydrogens is 114 g/mol. The van der Waals surface area contributed by atoms with E-state index in [1.165, 1.54) is 0 Å². The largest absolute Gasteiger partial charge is 0.369 e. The molecule has 0 unspecified atom stereocenters. The van der Waals surface area contributed by atoms with Crippen molar-refractivity contribution in [2.24, 2.45) is 17.6 Å². The first-order valence-corrected chi connectivity index (χ1v) is 3.38. The molecule has 0 fully saturated rings. The highest BCUT2D eigenvalue weighted by Gasteiger charge is 2.14. The van der Waals surface area contributed by atoms with Gasteiger partial charge in [-0.05, 0) is 5.92 Å². The van der Waals surface area contributed by atoms with Gasteiger partial charge in [-0.15, -0.1) is 0 Å². The van der Waals surface area contributed by atoms with Gasteiger partial charge in [0.25, 0.3) is 0 Å². The van der Waals surface area contributed by atoms with Gasteiger partial charge in [0, 0.05) is 5.92 Å². The third-order valence-electron chi connectivity index (χ3n) is 1.95. The van der Waals surface area contributed by atoms with Crippen molar-refractivity contribution in [3.8, 4) is 0 Å². The van der Waals surface area contributed by atoms with Crippen LogP contribution < -0.4 is 5.73 Å². The second-order valence-electron chi connectivity index (χ2n) is 2.58. The average Bonchev–Trinajstić information content (AvgIpc) is 1.84. The summed E-state index contributed by atoms with van der Waals surface area (Å²) in [7, 11) is 0. The minimum Gasteiger partial charge on any atom is -0.369 e. The van der Waals surface area contributed by atoms with Crippen molar-refractivity contribution in [1.29, 1.82) is 0 Å². The molecule has 1 amide bonds. The van der Waals surface area contributed by atoms with Crippen molar-refractivity contribution in [1.82, 2.24) is 0 Å². The van der Waals surface area contributed by atoms with Crippen LogP contribution in [-0.4, -0.2) is 5.91 Å². The third kappa shape index (κ3) is 2.49. The van der Waals surface area contributed by atoms with Gasteiger partial charge in [0.1, 0.15) is 0 Å². The van der Waals surface area contributed by atoms with E-state index in [1.807, 2.05) is 13.8 Å². The number of hydrogen-bond acceptors (Lipinski definition) is 1. The van der Waals surface area contributed by atoms with Crippen molar-refractivity contribution in [3.05, 3.63) is 0 Å². The van der Waals surface area contributed by atoms with Gasteiger partial charge in [0.05, 0.1) is 0 Å². The first-order valence-electron chi connectivity index (χ1n) is 3.38. The zero-order chi connectivity index (χ0) is 7.44. The first kappa shape index (κ1) is 8.47. The van der Waals surface area contributed by atoms with Crippen LogP contribution in [0.1, 0.15) is 27.2 Å². The molecule has 2 atom stereocenters. The van der Waals surface area contributed by atoms with Crippen molar-refractivity contribution in [2.45, 2.75) is 27.2 Å². The topological polar surface area (TPSA) is 43.1 Å². The van der Waals surface area contributed by atoms with E-state index in [0.717, 1.165) is 6.42 Å². The molecule has 0 saturated heterocycles. The van der Waals surface area contributed by atoms with Gasteiger partial charge in [0.2, 0.25) is 5.91 Å². The van der Waals surface area contributed by atoms with E-state index >= 15 is 0 Å². The van der Waals surface area contributed by atoms with Crippen LogP contribution in [0, 0.1) is 11.8 Å². The van der Waals surface area contributed by atoms with E-state index in [9.17, 15) is 4.79 Å². The van der Waals surface area contributed by atoms with E-state index in [0.29, 0.717) is 5.92 Å². The van der Waals surface area contributed by atoms with Gasteiger partial charge in [-0.1, -0.05) is 27.2 Å². The van der Waals surface area contributed by atoms with E-state index in [1.54, 1.807) is 0 Å². The van der Waals surface area contributed by atoms with Gasteiger partial charge in [-0.2, -0.15) is 0 Å². The maximum Gasteiger partial charge on any atom is 0.220 e. The number of nitrogens with two attached hydrogens (primary N) is 1. The van der Waals surface area contributed by atoms with Crippen LogP contribution in [0.4, 0.5) is 0 Å². The summed E-state index contributed by atoms with van der Waals surface area (Å²) in [6, 6.07) is 0. The summed E-state index contributed by atoms with van der Waals surface area (Å²) < 4.78 is 0. The predicted octanol–water partition coefficient (Wildman–Crippen LogP) is 1.15. The Hall–Kier alpha value is -0.530. The van der Waals surface area contributed by atoms with Gasteiger partial charge in [0.15, 0.2) is 0 Å². The molecule has 2 heteroatoms. The number of carbonyl (C=O) groups is 1. The Balaban J connectivity index is 3.72. The first-order chi connectivity index (χ1) is 4.09. The molecule has 0 bridgehead atoms. The summed E-state index contributed by atoms with van der Waals surface area (Å²) in [6.07, 6.45) is 1.02. The SMILES string of the molecule is CC[C@H](C)[C@H](C)C(N)=O. The van der Waals surface area contributed by atoms with Gasteiger partial charge < -0.3 is 5.73 Å². The maximum absolute atomic E-state index is 10.5. The number of hydrogen-bond donors (Lipinski definition) is 1. The summed E-state index contributed by atoms with van der Waals surface area (Å²) in [5.41, 5.74) is 5.07. The molecule has 9 heavy (non-hydrogen) atoms. The van der Waals surface area contributed by atoms with Crippen LogP contribution in [0.5, 0.6) is 0 Å². The zero-order valence-electron chi connectivity index (χ0n) is 6.35. The fourth-order valence-electron chi connectivity index (χ4n) is 0.634. The summed E-state index contributed by atoms with van der Waals surface area (Å²) in [5, 5.41) is 0. The molecule has 54 valence electrons. The molecule has 0 saturated carbocycles. The molecule has 0 aliphatic carbocycles. The van der Waals surface area contributed by atoms with Crippen LogP contribution in [0.25, 0.3) is 0 Å². The number of carbonyl (C=O) groups excluding carboxylic acids is 1. The van der Waals surface area contributed by atoms with Crippen molar-refractivity contribution < 1.29 is 4.79 Å². The summed E-state index contributed by atoms with van der Waals surface area (Å²) in [4.78, 5) is 10.5. The van der Waals surface area contributed by atoms with E-state index < -0.39 is 0 Å². The van der Waals surface area contributed by atoms with Crippen molar-refractivity contribution >= 4 is 5.91 Å². The number of primary amides is 1. The Labute approximate surface area is 56.4 Å². The highest BCUT2D eigenvalue weighted by Crippen LogP contribution is 2.12. The molecule has 0 spiro atoms. The molecule has 0 radical (unpaired) electrons. The smallest absolute Gasteiger partial charge is 0.220 e. The minimum absolute atomic E-state index is 0.0231. The molecule has 2 N–H and O–H groups in total. The van der Waals surface area contributed by atoms with E-state index in [2.05, 4.69) is 6.92 Å². The van der Waals surface area contributed by atoms with Gasteiger partial charge in [-0.3, -0.25) is 4.79 Å². The molecular formula is C7H15NO. The molecule has 0 aliphatic heterocycles. The lowest BCUT2D eigenvalue weighted by Crippen LogP contribution is -2.25. The monoisotopic (exact) mass is 129 g/mol. The summed E-state index contributed by atoms with van der Waals surface area (Å²) in [5.74, 6) is 0.252. The predicted molar refractivity (Wildman–Crippen MR) is 37.8 cm³/mol. The van der Waals surface area contributed by atoms with Crippen LogP contribution in [0.15, 0.2) is 0 Å². The van der Waals surface area contributed by atoms with E-state index in [4.69, 9.17) is 5.73 Å². The Morgan fingerprint density at radius 2 is 2.00 bits per heavy atom. The Morgan fingerprint density at radius 3 is 2.11 bits per heavy atom. The standard InChI is InChI=1S/C7H15NO/c1-4-5(2)6(3)7(8)9/h5-6H,4H2,1-3H3,(H2,8,9)/t5-,6-/m0/s1. The quantitative estimate of drug-likeness (QED) is 0.610. The lowest BCUT2D eigenvalue weighted by atomic mass is 9.93. The van der Waals surface area contributed by atoms with Gasteiger partial charge in [-0.25, -0.2) is 0 Å². The van der Waals surface area contributed by atoms with Crippen LogP contribution in [0.2, 0.25) is 0 Å². The lowest BCUT2D eigenvalue weighted by molar-refractivity contribution is -0.122. The fraction of sp³-hybridized carbons (Fsp3) is 0.857. The van der Waals surface area contributed by atoms with Crippen LogP contribution in [0.3, 0.4) is 0 Å². The second kappa shape index (κ2) is 3.49. The number of rotatable bonds is 3. The molecule has 0 aromatic rings. The number of amides is 1. The molecule has 0 aliphatic rings. The summed E-state index contributed by atoms with van der Waals surface area (Å²) >= 11 is 0. The molecule has 0 heterocycles. The molecule has 2 nitrogen and oxygen atoms in total. The highest BCUT2D eigenvalue weighted by atomic mass is 16.1. The molecule has 0 aromatic carbocycles. The zero-order valence-corrected chi connectivity index (χ0v) is 6.35. The third-order valence-corrected chi connectivity index (χ3v) is 1.95. The van der Waals surface area contributed by atoms with Crippen molar-refractivity contribution in [3.63, 3.8) is 0 Å². The second-order valence-corrected chi connectivity index (χ2v) is 2.58. The van der Waals surface area contributed by atoms with Crippen molar-refractivity contribution in [2.75, 3.05) is 0 Å². The van der Waals surface area contributed by atoms with Crippen LogP contribution >= 0.6 is 0 Å².